The van der Waals surface area contributed by atoms with Gasteiger partial charge in [-0.2, -0.15) is 0 Å². The van der Waals surface area contributed by atoms with Gasteiger partial charge in [0.2, 0.25) is 0 Å². The third-order valence-electron chi connectivity index (χ3n) is 4.89. The van der Waals surface area contributed by atoms with Crippen LogP contribution in [-0.4, -0.2) is 30.7 Å². The highest BCUT2D eigenvalue weighted by Crippen LogP contribution is 2.26. The first-order valence-corrected chi connectivity index (χ1v) is 10.5. The van der Waals surface area contributed by atoms with Crippen LogP contribution >= 0.6 is 28.1 Å². The molecular weight excluding hydrogens is 438 g/mol. The van der Waals surface area contributed by atoms with E-state index in [1.807, 2.05) is 18.2 Å². The molecule has 1 heterocycles. The van der Waals surface area contributed by atoms with Crippen LogP contribution in [0.4, 0.5) is 11.4 Å². The van der Waals surface area contributed by atoms with Gasteiger partial charge in [0.15, 0.2) is 5.11 Å². The second-order valence-corrected chi connectivity index (χ2v) is 8.16. The Labute approximate surface area is 179 Å². The molecule has 1 aliphatic rings. The van der Waals surface area contributed by atoms with Crippen LogP contribution in [0.1, 0.15) is 36.5 Å². The van der Waals surface area contributed by atoms with E-state index in [-0.39, 0.29) is 11.0 Å². The molecular formula is C21H24BrN3O2S. The van der Waals surface area contributed by atoms with Gasteiger partial charge in [-0.3, -0.25) is 10.1 Å². The molecule has 1 atom stereocenters. The summed E-state index contributed by atoms with van der Waals surface area (Å²) in [6.07, 6.45) is 3.77. The molecule has 0 saturated carbocycles. The predicted octanol–water partition coefficient (Wildman–Crippen LogP) is 4.96. The highest BCUT2D eigenvalue weighted by molar-refractivity contribution is 9.10. The van der Waals surface area contributed by atoms with Gasteiger partial charge in [-0.1, -0.05) is 15.9 Å². The van der Waals surface area contributed by atoms with Crippen molar-refractivity contribution in [2.45, 2.75) is 32.2 Å². The Balaban J connectivity index is 1.62. The largest absolute Gasteiger partial charge is 0.496 e. The van der Waals surface area contributed by atoms with Gasteiger partial charge >= 0.3 is 0 Å². The average Bonchev–Trinajstić information content (AvgIpc) is 2.69. The van der Waals surface area contributed by atoms with E-state index in [4.69, 9.17) is 17.0 Å². The van der Waals surface area contributed by atoms with Gasteiger partial charge in [-0.15, -0.1) is 0 Å². The van der Waals surface area contributed by atoms with Gasteiger partial charge in [0.05, 0.1) is 12.7 Å². The zero-order valence-electron chi connectivity index (χ0n) is 16.0. The highest BCUT2D eigenvalue weighted by atomic mass is 79.9. The molecule has 2 N–H and O–H groups in total. The fraction of sp³-hybridized carbons (Fsp3) is 0.333. The third-order valence-corrected chi connectivity index (χ3v) is 5.59. The molecule has 5 nitrogen and oxygen atoms in total. The lowest BCUT2D eigenvalue weighted by atomic mass is 10.0. The molecule has 0 aliphatic carbocycles. The number of carbonyl (C=O) groups excluding carboxylic acids is 1. The maximum Gasteiger partial charge on any atom is 0.261 e. The van der Waals surface area contributed by atoms with E-state index in [1.54, 1.807) is 12.1 Å². The fourth-order valence-electron chi connectivity index (χ4n) is 3.41. The Morgan fingerprint density at radius 2 is 1.96 bits per heavy atom. The molecule has 3 rings (SSSR count). The molecule has 2 aromatic rings. The molecule has 1 saturated heterocycles. The summed E-state index contributed by atoms with van der Waals surface area (Å²) in [7, 11) is 1.53. The number of nitrogens with zero attached hydrogens (tertiary/aromatic N) is 1. The summed E-state index contributed by atoms with van der Waals surface area (Å²) in [5.41, 5.74) is 2.46. The Hall–Kier alpha value is -2.12. The number of rotatable bonds is 4. The Bertz CT molecular complexity index is 857. The zero-order chi connectivity index (χ0) is 20.1. The van der Waals surface area contributed by atoms with Gasteiger partial charge in [0.1, 0.15) is 5.75 Å². The first-order chi connectivity index (χ1) is 13.5. The van der Waals surface area contributed by atoms with Crippen LogP contribution in [0.25, 0.3) is 0 Å². The number of piperidine rings is 1. The number of anilines is 2. The number of halogens is 1. The highest BCUT2D eigenvalue weighted by Gasteiger charge is 2.18. The predicted molar refractivity (Wildman–Crippen MR) is 121 cm³/mol. The lowest BCUT2D eigenvalue weighted by Crippen LogP contribution is -2.37. The van der Waals surface area contributed by atoms with E-state index >= 15 is 0 Å². The number of hydrogen-bond acceptors (Lipinski definition) is 4. The summed E-state index contributed by atoms with van der Waals surface area (Å²) in [5.74, 6) is 0.165. The molecule has 0 radical (unpaired) electrons. The van der Waals surface area contributed by atoms with Crippen LogP contribution in [0.2, 0.25) is 0 Å². The van der Waals surface area contributed by atoms with Gasteiger partial charge in [0, 0.05) is 28.4 Å². The number of amides is 1. The van der Waals surface area contributed by atoms with E-state index in [9.17, 15) is 4.79 Å². The second kappa shape index (κ2) is 9.39. The molecule has 1 aliphatic heterocycles. The van der Waals surface area contributed by atoms with Crippen molar-refractivity contribution in [1.29, 1.82) is 0 Å². The minimum absolute atomic E-state index is 0.242. The monoisotopic (exact) mass is 461 g/mol. The standard InChI is InChI=1S/C21H24BrN3O2S/c1-14-5-3-4-12-25(14)17-9-7-16(8-10-17)23-21(28)24-20(26)18-13-15(22)6-11-19(18)27-2/h6-11,13-14H,3-5,12H2,1-2H3,(H2,23,24,26,28)/t14-/m0/s1. The van der Waals surface area contributed by atoms with Crippen molar-refractivity contribution in [1.82, 2.24) is 5.32 Å². The number of carbonyl (C=O) groups is 1. The minimum Gasteiger partial charge on any atom is -0.496 e. The van der Waals surface area contributed by atoms with Crippen LogP contribution in [0.3, 0.4) is 0 Å². The van der Waals surface area contributed by atoms with E-state index in [0.717, 1.165) is 16.7 Å². The third kappa shape index (κ3) is 5.02. The summed E-state index contributed by atoms with van der Waals surface area (Å²) in [6.45, 7) is 3.36. The van der Waals surface area contributed by atoms with E-state index in [2.05, 4.69) is 50.5 Å². The molecule has 148 valence electrons. The van der Waals surface area contributed by atoms with E-state index in [0.29, 0.717) is 17.4 Å². The van der Waals surface area contributed by atoms with Crippen molar-refractivity contribution in [3.8, 4) is 5.75 Å². The number of thiocarbonyl (C=S) groups is 1. The number of benzene rings is 2. The normalized spacial score (nSPS) is 16.4. The number of nitrogens with one attached hydrogen (secondary N) is 2. The summed E-state index contributed by atoms with van der Waals surface area (Å²) in [4.78, 5) is 15.0. The number of methoxy groups -OCH3 is 1. The van der Waals surface area contributed by atoms with Crippen molar-refractivity contribution < 1.29 is 9.53 Å². The first-order valence-electron chi connectivity index (χ1n) is 9.30. The Morgan fingerprint density at radius 1 is 1.21 bits per heavy atom. The van der Waals surface area contributed by atoms with Crippen molar-refractivity contribution >= 4 is 50.5 Å². The summed E-state index contributed by atoms with van der Waals surface area (Å²) in [5, 5.41) is 6.01. The Morgan fingerprint density at radius 3 is 2.64 bits per heavy atom. The Kier molecular flexibility index (Phi) is 6.91. The van der Waals surface area contributed by atoms with Crippen LogP contribution in [0, 0.1) is 0 Å². The summed E-state index contributed by atoms with van der Waals surface area (Å²) >= 11 is 8.66. The molecule has 1 amide bonds. The van der Waals surface area contributed by atoms with Crippen molar-refractivity contribution in [3.63, 3.8) is 0 Å². The molecule has 0 aromatic heterocycles. The fourth-order valence-corrected chi connectivity index (χ4v) is 3.98. The summed E-state index contributed by atoms with van der Waals surface area (Å²) in [6, 6.07) is 14.0. The maximum absolute atomic E-state index is 12.5. The van der Waals surface area contributed by atoms with Gasteiger partial charge < -0.3 is 15.0 Å². The minimum atomic E-state index is -0.325. The number of ether oxygens (including phenoxy) is 1. The van der Waals surface area contributed by atoms with E-state index in [1.165, 1.54) is 32.1 Å². The quantitative estimate of drug-likeness (QED) is 0.629. The zero-order valence-corrected chi connectivity index (χ0v) is 18.4. The maximum atomic E-state index is 12.5. The SMILES string of the molecule is COc1ccc(Br)cc1C(=O)NC(=S)Nc1ccc(N2CCCC[C@@H]2C)cc1. The van der Waals surface area contributed by atoms with Gasteiger partial charge in [-0.25, -0.2) is 0 Å². The van der Waals surface area contributed by atoms with Gasteiger partial charge in [-0.05, 0) is 80.9 Å². The lowest BCUT2D eigenvalue weighted by Gasteiger charge is -2.35. The smallest absolute Gasteiger partial charge is 0.261 e. The van der Waals surface area contributed by atoms with Crippen LogP contribution in [0.15, 0.2) is 46.9 Å². The average molecular weight is 462 g/mol. The molecule has 1 fully saturated rings. The lowest BCUT2D eigenvalue weighted by molar-refractivity contribution is 0.0974. The second-order valence-electron chi connectivity index (χ2n) is 6.84. The van der Waals surface area contributed by atoms with Crippen LogP contribution < -0.4 is 20.3 Å². The molecule has 28 heavy (non-hydrogen) atoms. The molecule has 0 spiro atoms. The molecule has 2 aromatic carbocycles. The number of hydrogen-bond donors (Lipinski definition) is 2. The van der Waals surface area contributed by atoms with E-state index < -0.39 is 0 Å². The topological polar surface area (TPSA) is 53.6 Å². The molecule has 0 unspecified atom stereocenters. The first kappa shape index (κ1) is 20.6. The van der Waals surface area contributed by atoms with Crippen LogP contribution in [0.5, 0.6) is 5.75 Å². The van der Waals surface area contributed by atoms with Crippen LogP contribution in [-0.2, 0) is 0 Å². The molecule has 7 heteroatoms. The molecule has 0 bridgehead atoms. The van der Waals surface area contributed by atoms with Crippen molar-refractivity contribution in [3.05, 3.63) is 52.5 Å². The van der Waals surface area contributed by atoms with Gasteiger partial charge in [0.25, 0.3) is 5.91 Å². The summed E-state index contributed by atoms with van der Waals surface area (Å²) < 4.78 is 6.04. The van der Waals surface area contributed by atoms with Crippen molar-refractivity contribution in [2.24, 2.45) is 0 Å². The van der Waals surface area contributed by atoms with Crippen molar-refractivity contribution in [2.75, 3.05) is 23.9 Å².